The van der Waals surface area contributed by atoms with Gasteiger partial charge in [-0.3, -0.25) is 4.99 Å². The average molecular weight is 204 g/mol. The molecule has 1 unspecified atom stereocenters. The monoisotopic (exact) mass is 204 g/mol. The number of carbonyl (C=O) groups excluding carboxylic acids is 1. The number of nitrogens with zero attached hydrogens (tertiary/aromatic N) is 1. The Kier molecular flexibility index (Phi) is 4.03. The van der Waals surface area contributed by atoms with Gasteiger partial charge in [0.25, 0.3) is 0 Å². The first-order valence-corrected chi connectivity index (χ1v) is 4.87. The van der Waals surface area contributed by atoms with Gasteiger partial charge in [0.1, 0.15) is 0 Å². The molecule has 0 amide bonds. The molecule has 1 atom stereocenters. The highest BCUT2D eigenvalue weighted by atomic mass is 16.4. The van der Waals surface area contributed by atoms with Crippen molar-refractivity contribution < 1.29 is 9.90 Å². The molecule has 0 aliphatic heterocycles. The van der Waals surface area contributed by atoms with Crippen molar-refractivity contribution in [1.29, 1.82) is 0 Å². The molecule has 0 saturated carbocycles. The maximum absolute atomic E-state index is 10.6. The Labute approximate surface area is 89.5 Å². The molecular formula is C12H14NO2-. The molecule has 3 nitrogen and oxygen atoms in total. The number of hydrogen-bond donors (Lipinski definition) is 0. The van der Waals surface area contributed by atoms with Crippen molar-refractivity contribution in [1.82, 2.24) is 0 Å². The molecule has 80 valence electrons. The van der Waals surface area contributed by atoms with Gasteiger partial charge in [-0.25, -0.2) is 0 Å². The van der Waals surface area contributed by atoms with E-state index in [1.807, 2.05) is 30.3 Å². The molecule has 1 aromatic rings. The first-order valence-electron chi connectivity index (χ1n) is 4.87. The van der Waals surface area contributed by atoms with Gasteiger partial charge in [0.05, 0.1) is 6.54 Å². The predicted molar refractivity (Wildman–Crippen MR) is 57.4 cm³/mol. The topological polar surface area (TPSA) is 52.5 Å². The molecule has 0 spiro atoms. The SMILES string of the molecule is CC(=NCc1ccccc1)C(C)C(=O)[O-]. The van der Waals surface area contributed by atoms with E-state index in [9.17, 15) is 9.90 Å². The van der Waals surface area contributed by atoms with Crippen molar-refractivity contribution in [2.75, 3.05) is 0 Å². The van der Waals surface area contributed by atoms with Crippen LogP contribution in [0.4, 0.5) is 0 Å². The summed E-state index contributed by atoms with van der Waals surface area (Å²) in [5.41, 5.74) is 1.67. The first kappa shape index (κ1) is 11.4. The highest BCUT2D eigenvalue weighted by Crippen LogP contribution is 2.03. The van der Waals surface area contributed by atoms with E-state index in [0.717, 1.165) is 5.56 Å². The molecule has 0 N–H and O–H groups in total. The molecule has 15 heavy (non-hydrogen) atoms. The zero-order chi connectivity index (χ0) is 11.3. The van der Waals surface area contributed by atoms with Crippen molar-refractivity contribution in [3.8, 4) is 0 Å². The van der Waals surface area contributed by atoms with Gasteiger partial charge in [-0.1, -0.05) is 37.3 Å². The summed E-state index contributed by atoms with van der Waals surface area (Å²) < 4.78 is 0. The lowest BCUT2D eigenvalue weighted by molar-refractivity contribution is -0.308. The van der Waals surface area contributed by atoms with Crippen LogP contribution in [0, 0.1) is 5.92 Å². The average Bonchev–Trinajstić information content (AvgIpc) is 2.26. The molecular weight excluding hydrogens is 190 g/mol. The molecule has 0 aliphatic rings. The fourth-order valence-electron chi connectivity index (χ4n) is 1.11. The standard InChI is InChI=1S/C12H15NO2/c1-9(12(14)15)10(2)13-8-11-6-4-3-5-7-11/h3-7,9H,8H2,1-2H3,(H,14,15)/p-1. The van der Waals surface area contributed by atoms with Crippen LogP contribution in [0.2, 0.25) is 0 Å². The molecule has 0 aromatic heterocycles. The molecule has 0 saturated heterocycles. The van der Waals surface area contributed by atoms with Gasteiger partial charge in [0, 0.05) is 17.6 Å². The van der Waals surface area contributed by atoms with E-state index >= 15 is 0 Å². The van der Waals surface area contributed by atoms with Crippen LogP contribution < -0.4 is 5.11 Å². The first-order chi connectivity index (χ1) is 7.11. The lowest BCUT2D eigenvalue weighted by Crippen LogP contribution is -2.33. The summed E-state index contributed by atoms with van der Waals surface area (Å²) in [7, 11) is 0. The van der Waals surface area contributed by atoms with Crippen LogP contribution in [0.25, 0.3) is 0 Å². The van der Waals surface area contributed by atoms with Gasteiger partial charge in [-0.05, 0) is 12.5 Å². The van der Waals surface area contributed by atoms with Crippen molar-refractivity contribution in [3.63, 3.8) is 0 Å². The Bertz CT molecular complexity index is 357. The van der Waals surface area contributed by atoms with E-state index in [4.69, 9.17) is 0 Å². The third-order valence-corrected chi connectivity index (χ3v) is 2.33. The normalized spacial score (nSPS) is 13.6. The number of carbonyl (C=O) groups is 1. The number of rotatable bonds is 4. The second kappa shape index (κ2) is 5.29. The Hall–Kier alpha value is -1.64. The van der Waals surface area contributed by atoms with Crippen molar-refractivity contribution in [2.45, 2.75) is 20.4 Å². The molecule has 0 aliphatic carbocycles. The summed E-state index contributed by atoms with van der Waals surface area (Å²) in [4.78, 5) is 14.8. The van der Waals surface area contributed by atoms with Gasteiger partial charge in [0.15, 0.2) is 0 Å². The molecule has 0 fully saturated rings. The second-order valence-electron chi connectivity index (χ2n) is 3.48. The van der Waals surface area contributed by atoms with Gasteiger partial charge < -0.3 is 9.90 Å². The van der Waals surface area contributed by atoms with Gasteiger partial charge in [-0.2, -0.15) is 0 Å². The van der Waals surface area contributed by atoms with Crippen molar-refractivity contribution >= 4 is 11.7 Å². The summed E-state index contributed by atoms with van der Waals surface area (Å²) >= 11 is 0. The quantitative estimate of drug-likeness (QED) is 0.688. The highest BCUT2D eigenvalue weighted by molar-refractivity contribution is 5.98. The molecule has 0 radical (unpaired) electrons. The predicted octanol–water partition coefficient (Wildman–Crippen LogP) is 1.03. The van der Waals surface area contributed by atoms with Crippen LogP contribution in [0.1, 0.15) is 19.4 Å². The van der Waals surface area contributed by atoms with E-state index in [2.05, 4.69) is 4.99 Å². The molecule has 1 aromatic carbocycles. The minimum atomic E-state index is -1.08. The number of carboxylic acid groups (broad SMARTS) is 1. The summed E-state index contributed by atoms with van der Waals surface area (Å²) in [6.07, 6.45) is 0. The number of hydrogen-bond acceptors (Lipinski definition) is 3. The number of aliphatic imine (C=N–C) groups is 1. The minimum absolute atomic E-state index is 0.518. The second-order valence-corrected chi connectivity index (χ2v) is 3.48. The molecule has 1 rings (SSSR count). The minimum Gasteiger partial charge on any atom is -0.549 e. The Balaban J connectivity index is 2.62. The number of aliphatic carboxylic acids is 1. The maximum atomic E-state index is 10.6. The van der Waals surface area contributed by atoms with E-state index in [0.29, 0.717) is 12.3 Å². The van der Waals surface area contributed by atoms with E-state index in [1.165, 1.54) is 0 Å². The van der Waals surface area contributed by atoms with Crippen LogP contribution in [-0.2, 0) is 11.3 Å². The summed E-state index contributed by atoms with van der Waals surface area (Å²) in [5, 5.41) is 10.6. The largest absolute Gasteiger partial charge is 0.549 e. The number of carboxylic acids is 1. The van der Waals surface area contributed by atoms with Crippen LogP contribution in [0.5, 0.6) is 0 Å². The van der Waals surface area contributed by atoms with Crippen molar-refractivity contribution in [2.24, 2.45) is 10.9 Å². The van der Waals surface area contributed by atoms with Crippen LogP contribution >= 0.6 is 0 Å². The fraction of sp³-hybridized carbons (Fsp3) is 0.333. The fourth-order valence-corrected chi connectivity index (χ4v) is 1.11. The zero-order valence-electron chi connectivity index (χ0n) is 8.93. The summed E-state index contributed by atoms with van der Waals surface area (Å²) in [6.45, 7) is 3.81. The maximum Gasteiger partial charge on any atom is 0.0639 e. The Morgan fingerprint density at radius 3 is 2.53 bits per heavy atom. The van der Waals surface area contributed by atoms with Gasteiger partial charge in [-0.15, -0.1) is 0 Å². The summed E-state index contributed by atoms with van der Waals surface area (Å²) in [6, 6.07) is 9.72. The van der Waals surface area contributed by atoms with Crippen LogP contribution in [0.15, 0.2) is 35.3 Å². The van der Waals surface area contributed by atoms with E-state index in [-0.39, 0.29) is 0 Å². The Morgan fingerprint density at radius 1 is 1.40 bits per heavy atom. The Morgan fingerprint density at radius 2 is 2.00 bits per heavy atom. The van der Waals surface area contributed by atoms with Crippen LogP contribution in [0.3, 0.4) is 0 Å². The molecule has 3 heteroatoms. The lowest BCUT2D eigenvalue weighted by atomic mass is 10.1. The van der Waals surface area contributed by atoms with Crippen molar-refractivity contribution in [3.05, 3.63) is 35.9 Å². The summed E-state index contributed by atoms with van der Waals surface area (Å²) in [5.74, 6) is -1.70. The van der Waals surface area contributed by atoms with Gasteiger partial charge >= 0.3 is 0 Å². The highest BCUT2D eigenvalue weighted by Gasteiger charge is 2.05. The third kappa shape index (κ3) is 3.54. The lowest BCUT2D eigenvalue weighted by Gasteiger charge is -2.11. The van der Waals surface area contributed by atoms with E-state index in [1.54, 1.807) is 13.8 Å². The molecule has 0 bridgehead atoms. The third-order valence-electron chi connectivity index (χ3n) is 2.33. The molecule has 0 heterocycles. The smallest absolute Gasteiger partial charge is 0.0639 e. The number of benzene rings is 1. The van der Waals surface area contributed by atoms with Crippen LogP contribution in [-0.4, -0.2) is 11.7 Å². The zero-order valence-corrected chi connectivity index (χ0v) is 8.93. The van der Waals surface area contributed by atoms with E-state index < -0.39 is 11.9 Å². The van der Waals surface area contributed by atoms with Gasteiger partial charge in [0.2, 0.25) is 0 Å².